The first-order valence-electron chi connectivity index (χ1n) is 6.04. The fraction of sp³-hybridized carbons (Fsp3) is 0.429. The van der Waals surface area contributed by atoms with Crippen molar-refractivity contribution in [2.75, 3.05) is 0 Å². The Kier molecular flexibility index (Phi) is 4.19. The summed E-state index contributed by atoms with van der Waals surface area (Å²) in [6.45, 7) is 7.21. The molecule has 0 amide bonds. The Morgan fingerprint density at radius 3 is 1.74 bits per heavy atom. The average molecular weight is 266 g/mol. The van der Waals surface area contributed by atoms with Crippen molar-refractivity contribution in [1.82, 2.24) is 0 Å². The van der Waals surface area contributed by atoms with E-state index >= 15 is 0 Å². The molecule has 3 N–H and O–H groups in total. The number of carbonyl (C=O) groups is 2. The van der Waals surface area contributed by atoms with Gasteiger partial charge in [0.25, 0.3) is 0 Å². The van der Waals surface area contributed by atoms with Crippen LogP contribution < -0.4 is 0 Å². The quantitative estimate of drug-likeness (QED) is 0.778. The van der Waals surface area contributed by atoms with Crippen LogP contribution in [0.25, 0.3) is 0 Å². The van der Waals surface area contributed by atoms with Crippen LogP contribution in [0, 0.1) is 0 Å². The van der Waals surface area contributed by atoms with Gasteiger partial charge in [-0.25, -0.2) is 9.59 Å². The summed E-state index contributed by atoms with van der Waals surface area (Å²) >= 11 is 0. The van der Waals surface area contributed by atoms with Gasteiger partial charge in [0.15, 0.2) is 0 Å². The van der Waals surface area contributed by atoms with Gasteiger partial charge in [-0.3, -0.25) is 0 Å². The summed E-state index contributed by atoms with van der Waals surface area (Å²) in [7, 11) is 0. The molecule has 0 fully saturated rings. The van der Waals surface area contributed by atoms with Crippen LogP contribution in [0.3, 0.4) is 0 Å². The Morgan fingerprint density at radius 2 is 1.42 bits per heavy atom. The number of phenols is 1. The van der Waals surface area contributed by atoms with Gasteiger partial charge in [-0.2, -0.15) is 0 Å². The molecule has 0 spiro atoms. The number of carboxylic acid groups (broad SMARTS) is 2. The Morgan fingerprint density at radius 1 is 0.947 bits per heavy atom. The van der Waals surface area contributed by atoms with E-state index in [9.17, 15) is 19.8 Å². The molecule has 0 aliphatic heterocycles. The molecule has 0 bridgehead atoms. The highest BCUT2D eigenvalue weighted by atomic mass is 16.4. The van der Waals surface area contributed by atoms with Crippen LogP contribution >= 0.6 is 0 Å². The predicted octanol–water partition coefficient (Wildman–Crippen LogP) is 3.04. The van der Waals surface area contributed by atoms with Crippen molar-refractivity contribution in [1.29, 1.82) is 0 Å². The molecule has 0 atom stereocenters. The molecule has 0 aliphatic rings. The van der Waals surface area contributed by atoms with Gasteiger partial charge in [-0.05, 0) is 23.5 Å². The van der Waals surface area contributed by atoms with Gasteiger partial charge < -0.3 is 15.3 Å². The molecule has 0 aromatic heterocycles. The van der Waals surface area contributed by atoms with Crippen LogP contribution in [0.4, 0.5) is 0 Å². The summed E-state index contributed by atoms with van der Waals surface area (Å²) in [5, 5.41) is 28.4. The molecule has 0 unspecified atom stereocenters. The lowest BCUT2D eigenvalue weighted by atomic mass is 9.83. The van der Waals surface area contributed by atoms with Crippen LogP contribution in [0.15, 0.2) is 6.07 Å². The van der Waals surface area contributed by atoms with Crippen molar-refractivity contribution >= 4 is 11.9 Å². The molecule has 5 nitrogen and oxygen atoms in total. The molecule has 19 heavy (non-hydrogen) atoms. The van der Waals surface area contributed by atoms with E-state index in [0.717, 1.165) is 6.07 Å². The second-order valence-electron chi connectivity index (χ2n) is 5.07. The summed E-state index contributed by atoms with van der Waals surface area (Å²) in [6, 6.07) is 1.02. The van der Waals surface area contributed by atoms with E-state index in [2.05, 4.69) is 0 Å². The molecule has 1 rings (SSSR count). The monoisotopic (exact) mass is 266 g/mol. The first kappa shape index (κ1) is 15.0. The maximum Gasteiger partial charge on any atom is 0.336 e. The first-order chi connectivity index (χ1) is 8.68. The Labute approximate surface area is 111 Å². The van der Waals surface area contributed by atoms with Crippen molar-refractivity contribution in [3.8, 4) is 5.75 Å². The molecule has 104 valence electrons. The van der Waals surface area contributed by atoms with E-state index < -0.39 is 11.9 Å². The van der Waals surface area contributed by atoms with Crippen LogP contribution in [-0.2, 0) is 0 Å². The van der Waals surface area contributed by atoms with Gasteiger partial charge in [0.05, 0.1) is 11.1 Å². The molecule has 0 saturated carbocycles. The zero-order valence-electron chi connectivity index (χ0n) is 11.4. The highest BCUT2D eigenvalue weighted by Crippen LogP contribution is 2.38. The molecule has 0 heterocycles. The van der Waals surface area contributed by atoms with Gasteiger partial charge >= 0.3 is 11.9 Å². The molecule has 0 radical (unpaired) electrons. The lowest BCUT2D eigenvalue weighted by Gasteiger charge is -2.21. The highest BCUT2D eigenvalue weighted by Gasteiger charge is 2.28. The summed E-state index contributed by atoms with van der Waals surface area (Å²) in [6.07, 6.45) is 0. The lowest BCUT2D eigenvalue weighted by Crippen LogP contribution is -2.15. The largest absolute Gasteiger partial charge is 0.508 e. The molecule has 0 aliphatic carbocycles. The van der Waals surface area contributed by atoms with Gasteiger partial charge in [0.2, 0.25) is 0 Å². The molecule has 5 heteroatoms. The van der Waals surface area contributed by atoms with Crippen molar-refractivity contribution in [2.45, 2.75) is 39.5 Å². The van der Waals surface area contributed by atoms with Crippen molar-refractivity contribution in [2.24, 2.45) is 0 Å². The number of hydrogen-bond acceptors (Lipinski definition) is 3. The zero-order chi connectivity index (χ0) is 14.9. The molecule has 1 aromatic carbocycles. The van der Waals surface area contributed by atoms with Gasteiger partial charge in [0, 0.05) is 5.56 Å². The number of rotatable bonds is 4. The van der Waals surface area contributed by atoms with Gasteiger partial charge in [-0.1, -0.05) is 27.7 Å². The number of aromatic hydroxyl groups is 1. The van der Waals surface area contributed by atoms with Crippen LogP contribution in [0.2, 0.25) is 0 Å². The third-order valence-electron chi connectivity index (χ3n) is 2.98. The second-order valence-corrected chi connectivity index (χ2v) is 5.07. The maximum atomic E-state index is 11.4. The minimum absolute atomic E-state index is 0.0988. The van der Waals surface area contributed by atoms with Crippen molar-refractivity contribution in [3.63, 3.8) is 0 Å². The van der Waals surface area contributed by atoms with E-state index in [1.165, 1.54) is 0 Å². The average Bonchev–Trinajstić information content (AvgIpc) is 2.25. The minimum atomic E-state index is -1.36. The van der Waals surface area contributed by atoms with Crippen LogP contribution in [0.1, 0.15) is 71.4 Å². The Balaban J connectivity index is 3.87. The summed E-state index contributed by atoms with van der Waals surface area (Å²) in [5.41, 5.74) is 0.277. The van der Waals surface area contributed by atoms with E-state index in [1.54, 1.807) is 13.8 Å². The first-order valence-corrected chi connectivity index (χ1v) is 6.04. The van der Waals surface area contributed by atoms with Gasteiger partial charge in [-0.15, -0.1) is 0 Å². The Bertz CT molecular complexity index is 529. The number of carboxylic acids is 2. The molecular weight excluding hydrogens is 248 g/mol. The third-order valence-corrected chi connectivity index (χ3v) is 2.98. The van der Waals surface area contributed by atoms with E-state index in [1.807, 2.05) is 13.8 Å². The van der Waals surface area contributed by atoms with Crippen molar-refractivity contribution < 1.29 is 24.9 Å². The lowest BCUT2D eigenvalue weighted by molar-refractivity contribution is 0.0649. The number of benzene rings is 1. The fourth-order valence-corrected chi connectivity index (χ4v) is 2.31. The van der Waals surface area contributed by atoms with Crippen LogP contribution in [-0.4, -0.2) is 27.3 Å². The van der Waals surface area contributed by atoms with E-state index in [-0.39, 0.29) is 28.7 Å². The van der Waals surface area contributed by atoms with Gasteiger partial charge in [0.1, 0.15) is 5.75 Å². The topological polar surface area (TPSA) is 94.8 Å². The fourth-order valence-electron chi connectivity index (χ4n) is 2.31. The number of hydrogen-bond donors (Lipinski definition) is 3. The SMILES string of the molecule is CC(C)c1c(O)cc(C(=O)O)c(C(=O)O)c1C(C)C. The standard InChI is InChI=1S/C14H18O5/c1-6(2)10-9(15)5-8(13(16)17)12(14(18)19)11(10)7(3)4/h5-7,15H,1-4H3,(H,16,17)(H,18,19). The number of phenolic OH excluding ortho intramolecular Hbond substituents is 1. The molecular formula is C14H18O5. The highest BCUT2D eigenvalue weighted by molar-refractivity contribution is 6.03. The van der Waals surface area contributed by atoms with E-state index in [0.29, 0.717) is 11.1 Å². The molecule has 0 saturated heterocycles. The minimum Gasteiger partial charge on any atom is -0.508 e. The van der Waals surface area contributed by atoms with Crippen molar-refractivity contribution in [3.05, 3.63) is 28.3 Å². The Hall–Kier alpha value is -2.04. The second kappa shape index (κ2) is 5.30. The molecule has 1 aromatic rings. The smallest absolute Gasteiger partial charge is 0.336 e. The van der Waals surface area contributed by atoms with Crippen LogP contribution in [0.5, 0.6) is 5.75 Å². The predicted molar refractivity (Wildman–Crippen MR) is 70.2 cm³/mol. The van der Waals surface area contributed by atoms with E-state index in [4.69, 9.17) is 5.11 Å². The third kappa shape index (κ3) is 2.70. The summed E-state index contributed by atoms with van der Waals surface area (Å²) in [5.74, 6) is -3.11. The zero-order valence-corrected chi connectivity index (χ0v) is 11.4. The number of aromatic carboxylic acids is 2. The summed E-state index contributed by atoms with van der Waals surface area (Å²) in [4.78, 5) is 22.6. The maximum absolute atomic E-state index is 11.4. The summed E-state index contributed by atoms with van der Waals surface area (Å²) < 4.78 is 0. The normalized spacial score (nSPS) is 11.1.